The lowest BCUT2D eigenvalue weighted by Crippen LogP contribution is -2.33. The van der Waals surface area contributed by atoms with Gasteiger partial charge in [0.05, 0.1) is 22.2 Å². The summed E-state index contributed by atoms with van der Waals surface area (Å²) in [6.07, 6.45) is 0. The second-order valence-corrected chi connectivity index (χ2v) is 8.24. The van der Waals surface area contributed by atoms with Crippen LogP contribution in [-0.4, -0.2) is 11.8 Å². The molecule has 0 aromatic heterocycles. The summed E-state index contributed by atoms with van der Waals surface area (Å²) < 4.78 is 0. The van der Waals surface area contributed by atoms with Crippen LogP contribution >= 0.6 is 23.4 Å². The third-order valence-electron chi connectivity index (χ3n) is 4.98. The Labute approximate surface area is 177 Å². The Morgan fingerprint density at radius 3 is 2.28 bits per heavy atom. The van der Waals surface area contributed by atoms with Gasteiger partial charge in [0, 0.05) is 15.6 Å². The number of hydrogen-bond acceptors (Lipinski definition) is 4. The minimum Gasteiger partial charge on any atom is -0.373 e. The van der Waals surface area contributed by atoms with Crippen LogP contribution in [-0.2, 0) is 9.59 Å². The molecule has 2 heterocycles. The first-order chi connectivity index (χ1) is 14.1. The second-order valence-electron chi connectivity index (χ2n) is 6.75. The maximum absolute atomic E-state index is 13.5. The maximum Gasteiger partial charge on any atom is 0.272 e. The molecule has 2 amide bonds. The quantitative estimate of drug-likeness (QED) is 0.564. The van der Waals surface area contributed by atoms with E-state index >= 15 is 0 Å². The van der Waals surface area contributed by atoms with Gasteiger partial charge >= 0.3 is 0 Å². The van der Waals surface area contributed by atoms with Crippen LogP contribution in [0.1, 0.15) is 11.6 Å². The minimum absolute atomic E-state index is 0.309. The molecular formula is C23H15ClN2O2S. The number of rotatable bonds is 2. The van der Waals surface area contributed by atoms with Crippen LogP contribution in [0.2, 0.25) is 5.02 Å². The van der Waals surface area contributed by atoms with E-state index in [0.717, 1.165) is 16.1 Å². The maximum atomic E-state index is 13.5. The average Bonchev–Trinajstić information content (AvgIpc) is 2.90. The lowest BCUT2D eigenvalue weighted by Gasteiger charge is -2.22. The molecule has 2 aliphatic rings. The fourth-order valence-corrected chi connectivity index (χ4v) is 4.84. The van der Waals surface area contributed by atoms with Crippen LogP contribution in [0.5, 0.6) is 0 Å². The molecule has 5 rings (SSSR count). The molecule has 0 radical (unpaired) electrons. The lowest BCUT2D eigenvalue weighted by molar-refractivity contribution is -0.120. The number of imide groups is 1. The van der Waals surface area contributed by atoms with Crippen molar-refractivity contribution in [2.24, 2.45) is 0 Å². The normalized spacial score (nSPS) is 18.2. The van der Waals surface area contributed by atoms with E-state index in [2.05, 4.69) is 5.32 Å². The molecule has 1 atom stereocenters. The zero-order valence-corrected chi connectivity index (χ0v) is 16.7. The number of anilines is 2. The van der Waals surface area contributed by atoms with E-state index < -0.39 is 6.04 Å². The number of benzene rings is 3. The van der Waals surface area contributed by atoms with Gasteiger partial charge in [0.1, 0.15) is 0 Å². The molecule has 29 heavy (non-hydrogen) atoms. The van der Waals surface area contributed by atoms with Crippen molar-refractivity contribution < 1.29 is 9.59 Å². The zero-order chi connectivity index (χ0) is 20.0. The predicted molar refractivity (Wildman–Crippen MR) is 116 cm³/mol. The SMILES string of the molecule is O=C1C2=C(C(=O)N1c1ccc(Cl)cc1)C(c1ccccc1)Nc1ccccc1S2. The number of thioether (sulfide) groups is 1. The molecule has 0 saturated carbocycles. The average molecular weight is 419 g/mol. The molecule has 0 fully saturated rings. The van der Waals surface area contributed by atoms with Crippen LogP contribution in [0, 0.1) is 0 Å². The smallest absolute Gasteiger partial charge is 0.272 e. The third-order valence-corrected chi connectivity index (χ3v) is 6.41. The summed E-state index contributed by atoms with van der Waals surface area (Å²) in [6, 6.07) is 23.8. The first-order valence-electron chi connectivity index (χ1n) is 9.10. The largest absolute Gasteiger partial charge is 0.373 e. The van der Waals surface area contributed by atoms with Gasteiger partial charge in [-0.1, -0.05) is 65.8 Å². The van der Waals surface area contributed by atoms with Gasteiger partial charge in [0.2, 0.25) is 0 Å². The number of fused-ring (bicyclic) bond motifs is 1. The fraction of sp³-hybridized carbons (Fsp3) is 0.0435. The number of carbonyl (C=O) groups is 2. The van der Waals surface area contributed by atoms with Gasteiger partial charge in [-0.25, -0.2) is 4.90 Å². The van der Waals surface area contributed by atoms with Crippen molar-refractivity contribution in [3.8, 4) is 0 Å². The Bertz CT molecular complexity index is 1160. The van der Waals surface area contributed by atoms with Gasteiger partial charge in [-0.15, -0.1) is 0 Å². The van der Waals surface area contributed by atoms with Crippen molar-refractivity contribution in [2.75, 3.05) is 10.2 Å². The van der Waals surface area contributed by atoms with Crippen molar-refractivity contribution in [3.05, 3.63) is 99.9 Å². The Balaban J connectivity index is 1.66. The van der Waals surface area contributed by atoms with Gasteiger partial charge in [0.15, 0.2) is 0 Å². The van der Waals surface area contributed by atoms with E-state index in [1.807, 2.05) is 54.6 Å². The molecule has 0 spiro atoms. The van der Waals surface area contributed by atoms with Gasteiger partial charge in [-0.2, -0.15) is 0 Å². The van der Waals surface area contributed by atoms with Crippen molar-refractivity contribution in [1.29, 1.82) is 0 Å². The highest BCUT2D eigenvalue weighted by Gasteiger charge is 2.45. The highest BCUT2D eigenvalue weighted by Crippen LogP contribution is 2.47. The lowest BCUT2D eigenvalue weighted by atomic mass is 9.98. The highest BCUT2D eigenvalue weighted by atomic mass is 35.5. The Kier molecular flexibility index (Phi) is 4.42. The Morgan fingerprint density at radius 1 is 0.828 bits per heavy atom. The molecule has 0 aliphatic carbocycles. The third kappa shape index (κ3) is 3.03. The molecule has 3 aromatic rings. The van der Waals surface area contributed by atoms with E-state index in [0.29, 0.717) is 21.2 Å². The summed E-state index contributed by atoms with van der Waals surface area (Å²) in [5, 5.41) is 4.03. The molecule has 0 saturated heterocycles. The highest BCUT2D eigenvalue weighted by molar-refractivity contribution is 8.04. The zero-order valence-electron chi connectivity index (χ0n) is 15.1. The number of nitrogens with zero attached hydrogens (tertiary/aromatic N) is 1. The summed E-state index contributed by atoms with van der Waals surface area (Å²) in [7, 11) is 0. The summed E-state index contributed by atoms with van der Waals surface area (Å²) in [5.74, 6) is -0.620. The molecule has 1 N–H and O–H groups in total. The molecular weight excluding hydrogens is 404 g/mol. The van der Waals surface area contributed by atoms with Crippen LogP contribution in [0.3, 0.4) is 0 Å². The first-order valence-corrected chi connectivity index (χ1v) is 10.3. The summed E-state index contributed by atoms with van der Waals surface area (Å²) in [5.41, 5.74) is 2.81. The van der Waals surface area contributed by atoms with E-state index in [9.17, 15) is 9.59 Å². The molecule has 142 valence electrons. The van der Waals surface area contributed by atoms with Gasteiger partial charge in [-0.05, 0) is 42.0 Å². The number of para-hydroxylation sites is 1. The van der Waals surface area contributed by atoms with Crippen molar-refractivity contribution in [3.63, 3.8) is 0 Å². The van der Waals surface area contributed by atoms with Crippen molar-refractivity contribution >= 4 is 46.6 Å². The van der Waals surface area contributed by atoms with Crippen LogP contribution in [0.25, 0.3) is 0 Å². The van der Waals surface area contributed by atoms with Crippen molar-refractivity contribution in [2.45, 2.75) is 10.9 Å². The summed E-state index contributed by atoms with van der Waals surface area (Å²) >= 11 is 7.32. The standard InChI is InChI=1S/C23H15ClN2O2S/c24-15-10-12-16(13-11-15)26-22(27)19-20(14-6-2-1-3-7-14)25-17-8-4-5-9-18(17)29-21(19)23(26)28/h1-13,20,25H. The van der Waals surface area contributed by atoms with E-state index in [-0.39, 0.29) is 11.8 Å². The first kappa shape index (κ1) is 18.0. The Morgan fingerprint density at radius 2 is 1.52 bits per heavy atom. The van der Waals surface area contributed by atoms with E-state index in [1.54, 1.807) is 24.3 Å². The summed E-state index contributed by atoms with van der Waals surface area (Å²) in [6.45, 7) is 0. The number of amides is 2. The van der Waals surface area contributed by atoms with Crippen LogP contribution < -0.4 is 10.2 Å². The Hall–Kier alpha value is -3.02. The topological polar surface area (TPSA) is 49.4 Å². The molecule has 4 nitrogen and oxygen atoms in total. The van der Waals surface area contributed by atoms with E-state index in [4.69, 9.17) is 11.6 Å². The molecule has 3 aromatic carbocycles. The van der Waals surface area contributed by atoms with Crippen molar-refractivity contribution in [1.82, 2.24) is 0 Å². The van der Waals surface area contributed by atoms with Gasteiger partial charge < -0.3 is 5.32 Å². The molecule has 0 bridgehead atoms. The van der Waals surface area contributed by atoms with Crippen LogP contribution in [0.15, 0.2) is 94.2 Å². The minimum atomic E-state index is -0.420. The monoisotopic (exact) mass is 418 g/mol. The number of carbonyl (C=O) groups excluding carboxylic acids is 2. The predicted octanol–water partition coefficient (Wildman–Crippen LogP) is 5.43. The molecule has 6 heteroatoms. The fourth-order valence-electron chi connectivity index (χ4n) is 3.61. The summed E-state index contributed by atoms with van der Waals surface area (Å²) in [4.78, 5) is 29.4. The molecule has 1 unspecified atom stereocenters. The number of halogens is 1. The number of hydrogen-bond donors (Lipinski definition) is 1. The number of nitrogens with one attached hydrogen (secondary N) is 1. The molecule has 2 aliphatic heterocycles. The van der Waals surface area contributed by atoms with Gasteiger partial charge in [0.25, 0.3) is 11.8 Å². The van der Waals surface area contributed by atoms with E-state index in [1.165, 1.54) is 16.7 Å². The van der Waals surface area contributed by atoms with Crippen LogP contribution in [0.4, 0.5) is 11.4 Å². The van der Waals surface area contributed by atoms with Gasteiger partial charge in [-0.3, -0.25) is 9.59 Å². The second kappa shape index (κ2) is 7.10.